The molecule has 130 heavy (non-hydrogen) atoms. The third kappa shape index (κ3) is 15.9. The van der Waals surface area contributed by atoms with Crippen molar-refractivity contribution in [1.82, 2.24) is 27.4 Å². The van der Waals surface area contributed by atoms with Gasteiger partial charge >= 0.3 is 5.97 Å². The number of para-hydroxylation sites is 5. The van der Waals surface area contributed by atoms with Crippen LogP contribution in [0.5, 0.6) is 34.5 Å². The molecule has 1 fully saturated rings. The lowest BCUT2D eigenvalue weighted by atomic mass is 9.93. The second-order valence-electron chi connectivity index (χ2n) is 34.2. The minimum absolute atomic E-state index is 0.242. The van der Waals surface area contributed by atoms with Gasteiger partial charge in [0.2, 0.25) is 0 Å². The number of ether oxygens (including phenoxy) is 1. The number of fused-ring (bicyclic) bond motifs is 18. The molecule has 16 aromatic carbocycles. The van der Waals surface area contributed by atoms with E-state index in [0.717, 1.165) is 189 Å². The maximum Gasteiger partial charge on any atom is 0.305 e. The van der Waals surface area contributed by atoms with Gasteiger partial charge in [-0.25, -0.2) is 0 Å². The van der Waals surface area contributed by atoms with Crippen LogP contribution in [0, 0.1) is 6.92 Å². The van der Waals surface area contributed by atoms with Crippen molar-refractivity contribution >= 4 is 137 Å². The molecule has 648 valence electrons. The number of aryl methyl sites for hydroxylation is 10. The van der Waals surface area contributed by atoms with Crippen LogP contribution in [0.2, 0.25) is 0 Å². The first-order valence-corrected chi connectivity index (χ1v) is 44.7. The van der Waals surface area contributed by atoms with Gasteiger partial charge in [0.05, 0.1) is 40.2 Å². The van der Waals surface area contributed by atoms with Gasteiger partial charge in [-0.05, 0) is 221 Å². The molecule has 0 bridgehead atoms. The van der Waals surface area contributed by atoms with E-state index in [1.165, 1.54) is 59.7 Å². The van der Waals surface area contributed by atoms with Gasteiger partial charge in [-0.2, -0.15) is 0 Å². The summed E-state index contributed by atoms with van der Waals surface area (Å²) >= 11 is 0. The Morgan fingerprint density at radius 3 is 1.07 bits per heavy atom. The summed E-state index contributed by atoms with van der Waals surface area (Å²) < 4.78 is 17.8. The molecule has 0 unspecified atom stereocenters. The Bertz CT molecular complexity index is 8050. The van der Waals surface area contributed by atoms with E-state index in [9.17, 15) is 35.4 Å². The van der Waals surface area contributed by atoms with Crippen LogP contribution in [0.3, 0.4) is 0 Å². The van der Waals surface area contributed by atoms with Crippen molar-refractivity contribution < 1.29 is 40.2 Å². The molecule has 0 aliphatic heterocycles. The van der Waals surface area contributed by atoms with Crippen LogP contribution in [0.15, 0.2) is 322 Å². The van der Waals surface area contributed by atoms with Gasteiger partial charge in [0.15, 0.2) is 0 Å². The lowest BCUT2D eigenvalue weighted by molar-refractivity contribution is -0.140. The summed E-state index contributed by atoms with van der Waals surface area (Å²) in [5.41, 5.74) is 27.8. The SMILES string of the molecule is CCCCc1cc(O)c2c3ccccc3n(C)c2c1.CCc1c(-c2ccccc2)cc(O)c2c3ccccc3n(C)c12.COC(=O)CCc1c(-c2ccccc2)cc(O)c2c3ccccc3n(C)c12.Cc1ccc2c(c1)c1c(O)cc(-c3ccccc3)cc1n2C.Cn1c2ccccc2c2c(O)cc(-c3ccccc3)cc21.Cn1c2ccccc2c2c(O)cc(C3CC3)cc21. The first-order valence-electron chi connectivity index (χ1n) is 44.7. The highest BCUT2D eigenvalue weighted by Gasteiger charge is 2.28. The van der Waals surface area contributed by atoms with E-state index >= 15 is 0 Å². The van der Waals surface area contributed by atoms with Crippen molar-refractivity contribution in [3.8, 4) is 79.0 Å². The molecule has 14 heteroatoms. The normalized spacial score (nSPS) is 11.9. The van der Waals surface area contributed by atoms with Crippen LogP contribution in [-0.2, 0) is 71.1 Å². The van der Waals surface area contributed by atoms with E-state index in [0.29, 0.717) is 41.1 Å². The Hall–Kier alpha value is -15.4. The third-order valence-electron chi connectivity index (χ3n) is 26.2. The highest BCUT2D eigenvalue weighted by molar-refractivity contribution is 6.18. The number of hydrogen-bond acceptors (Lipinski definition) is 8. The number of hydrogen-bond donors (Lipinski definition) is 6. The molecule has 0 saturated heterocycles. The maximum absolute atomic E-state index is 11.8. The van der Waals surface area contributed by atoms with Gasteiger partial charge in [0.1, 0.15) is 34.5 Å². The fraction of sp³-hybridized carbons (Fsp3) is 0.164. The largest absolute Gasteiger partial charge is 0.507 e. The number of benzene rings is 16. The molecule has 0 amide bonds. The van der Waals surface area contributed by atoms with Crippen molar-refractivity contribution in [2.75, 3.05) is 7.11 Å². The van der Waals surface area contributed by atoms with E-state index in [4.69, 9.17) is 4.74 Å². The van der Waals surface area contributed by atoms with E-state index in [1.54, 1.807) is 0 Å². The lowest BCUT2D eigenvalue weighted by Gasteiger charge is -2.14. The molecule has 1 saturated carbocycles. The number of carbonyl (C=O) groups is 1. The first-order chi connectivity index (χ1) is 63.2. The number of esters is 1. The predicted octanol–water partition coefficient (Wildman–Crippen LogP) is 28.1. The van der Waals surface area contributed by atoms with Gasteiger partial charge < -0.3 is 62.8 Å². The number of unbranched alkanes of at least 4 members (excludes halogenated alkanes) is 1. The molecule has 14 nitrogen and oxygen atoms in total. The number of nitrogens with zero attached hydrogens (tertiary/aromatic N) is 6. The van der Waals surface area contributed by atoms with Crippen LogP contribution >= 0.6 is 0 Å². The Morgan fingerprint density at radius 2 is 0.654 bits per heavy atom. The number of methoxy groups -OCH3 is 1. The Balaban J connectivity index is 0.000000105. The van der Waals surface area contributed by atoms with E-state index < -0.39 is 0 Å². The summed E-state index contributed by atoms with van der Waals surface area (Å²) in [5.74, 6) is 2.53. The summed E-state index contributed by atoms with van der Waals surface area (Å²) in [6.07, 6.45) is 7.63. The van der Waals surface area contributed by atoms with Gasteiger partial charge in [-0.3, -0.25) is 4.79 Å². The Kier molecular flexibility index (Phi) is 23.7. The summed E-state index contributed by atoms with van der Waals surface area (Å²) in [7, 11) is 13.7. The van der Waals surface area contributed by atoms with Gasteiger partial charge in [-0.15, -0.1) is 0 Å². The molecule has 6 aromatic heterocycles. The molecule has 6 heterocycles. The summed E-state index contributed by atoms with van der Waals surface area (Å²) in [4.78, 5) is 11.8. The van der Waals surface area contributed by atoms with Crippen LogP contribution < -0.4 is 0 Å². The summed E-state index contributed by atoms with van der Waals surface area (Å²) in [6.45, 7) is 6.44. The molecular weight excluding hydrogens is 1610 g/mol. The summed E-state index contributed by atoms with van der Waals surface area (Å²) in [5, 5.41) is 75.6. The molecule has 0 spiro atoms. The number of rotatable bonds is 12. The van der Waals surface area contributed by atoms with Crippen molar-refractivity contribution in [2.45, 2.75) is 78.1 Å². The van der Waals surface area contributed by atoms with Crippen molar-refractivity contribution in [3.05, 3.63) is 349 Å². The van der Waals surface area contributed by atoms with Gasteiger partial charge in [0, 0.05) is 146 Å². The second-order valence-corrected chi connectivity index (χ2v) is 34.2. The van der Waals surface area contributed by atoms with E-state index in [1.807, 2.05) is 215 Å². The van der Waals surface area contributed by atoms with Crippen LogP contribution in [0.4, 0.5) is 0 Å². The fourth-order valence-electron chi connectivity index (χ4n) is 19.6. The second kappa shape index (κ2) is 36.1. The quantitative estimate of drug-likeness (QED) is 0.0655. The Morgan fingerprint density at radius 1 is 0.315 bits per heavy atom. The topological polar surface area (TPSA) is 177 Å². The highest BCUT2D eigenvalue weighted by atomic mass is 16.5. The molecule has 6 N–H and O–H groups in total. The van der Waals surface area contributed by atoms with Crippen LogP contribution in [0.25, 0.3) is 175 Å². The zero-order chi connectivity index (χ0) is 90.3. The average molecular weight is 1710 g/mol. The zero-order valence-electron chi connectivity index (χ0n) is 75.0. The van der Waals surface area contributed by atoms with Gasteiger partial charge in [-0.1, -0.05) is 244 Å². The zero-order valence-corrected chi connectivity index (χ0v) is 75.0. The monoisotopic (exact) mass is 1710 g/mol. The van der Waals surface area contributed by atoms with Crippen LogP contribution in [0.1, 0.15) is 79.7 Å². The minimum Gasteiger partial charge on any atom is -0.507 e. The van der Waals surface area contributed by atoms with Gasteiger partial charge in [0.25, 0.3) is 0 Å². The number of phenols is 6. The molecule has 1 aliphatic rings. The summed E-state index contributed by atoms with van der Waals surface area (Å²) in [6, 6.07) is 108. The number of aromatic nitrogens is 6. The Labute approximate surface area is 755 Å². The molecule has 22 aromatic rings. The number of aromatic hydroxyl groups is 6. The fourth-order valence-corrected chi connectivity index (χ4v) is 19.6. The van der Waals surface area contributed by atoms with Crippen molar-refractivity contribution in [3.63, 3.8) is 0 Å². The standard InChI is InChI=1S/C23H21NO3.C21H19NO.C20H17NO.C19H15NO.C17H19NO.C16H15NO/c1-24-19-11-7-6-10-17(19)22-20(25)14-18(15-8-4-3-5-9-15)16(23(22)24)12-13-21(26)27-2;1-3-15-17(14-9-5-4-6-10-14)13-19(23)20-16-11-7-8-12-18(16)22(2)21(15)20;1-13-8-9-17-16(10-13)20-18(21(17)2)11-15(12-19(20)22)14-6-4-3-5-7-14;1-20-16-10-6-5-9-15(16)19-17(20)11-14(12-18(19)21)13-7-3-2-4-8-13;1-3-4-7-12-10-15-17(16(19)11-12)13-8-5-6-9-14(13)18(15)2;1-17-13-5-3-2-4-12(13)16-14(17)8-11(9-15(16)18)10-6-7-10/h3-11,14,25H,12-13H2,1-2H3;4-13,23H,3H2,1-2H3;3-12,22H,1-2H3;2-12,21H,1H3;5-6,8-11,19H,3-4,7H2,1-2H3;2-5,8-10,18H,6-7H2,1H3. The van der Waals surface area contributed by atoms with E-state index in [-0.39, 0.29) is 18.1 Å². The first kappa shape index (κ1) is 85.4. The van der Waals surface area contributed by atoms with Crippen molar-refractivity contribution in [2.24, 2.45) is 42.3 Å². The van der Waals surface area contributed by atoms with Crippen LogP contribution in [-0.4, -0.2) is 71.1 Å². The maximum atomic E-state index is 11.8. The molecule has 0 radical (unpaired) electrons. The number of phenolic OH excluding ortho intramolecular Hbond substituents is 6. The smallest absolute Gasteiger partial charge is 0.305 e. The predicted molar refractivity (Wildman–Crippen MR) is 539 cm³/mol. The van der Waals surface area contributed by atoms with E-state index in [2.05, 4.69) is 197 Å². The lowest BCUT2D eigenvalue weighted by Crippen LogP contribution is -2.04. The molecule has 23 rings (SSSR count). The van der Waals surface area contributed by atoms with Crippen molar-refractivity contribution in [1.29, 1.82) is 0 Å². The molecule has 1 aliphatic carbocycles. The molecular formula is C116H106N6O8. The minimum atomic E-state index is -0.242. The number of carbonyl (C=O) groups excluding carboxylic acids is 1. The third-order valence-corrected chi connectivity index (χ3v) is 26.2. The average Bonchev–Trinajstić information content (AvgIpc) is 1.52. The highest BCUT2D eigenvalue weighted by Crippen LogP contribution is 2.48. The molecule has 0 atom stereocenters.